The number of hydrogen-bond donors (Lipinski definition) is 2. The van der Waals surface area contributed by atoms with Gasteiger partial charge in [0.05, 0.1) is 26.4 Å². The molecule has 142 valence electrons. The van der Waals surface area contributed by atoms with Crippen LogP contribution in [0.25, 0.3) is 0 Å². The quantitative estimate of drug-likeness (QED) is 0.359. The van der Waals surface area contributed by atoms with Crippen molar-refractivity contribution in [3.63, 3.8) is 0 Å². The fourth-order valence-corrected chi connectivity index (χ4v) is 6.70. The Kier molecular flexibility index (Phi) is 10.6. The van der Waals surface area contributed by atoms with Crippen LogP contribution in [-0.4, -0.2) is 43.8 Å². The first-order chi connectivity index (χ1) is 11.2. The zero-order valence-electron chi connectivity index (χ0n) is 14.4. The Labute approximate surface area is 141 Å². The summed E-state index contributed by atoms with van der Waals surface area (Å²) in [6.07, 6.45) is -0.688. The van der Waals surface area contributed by atoms with E-state index in [1.165, 1.54) is 0 Å². The summed E-state index contributed by atoms with van der Waals surface area (Å²) in [7, 11) is -8.21. The van der Waals surface area contributed by atoms with E-state index in [1.54, 1.807) is 27.7 Å². The molecule has 0 saturated carbocycles. The molecule has 0 heterocycles. The summed E-state index contributed by atoms with van der Waals surface area (Å²) >= 11 is 0. The molecule has 0 atom stereocenters. The molecule has 0 fully saturated rings. The van der Waals surface area contributed by atoms with Gasteiger partial charge in [-0.3, -0.25) is 18.7 Å². The second-order valence-electron chi connectivity index (χ2n) is 4.34. The minimum Gasteiger partial charge on any atom is -0.369 e. The number of nitrogens with two attached hydrogens (primary N) is 1. The van der Waals surface area contributed by atoms with Gasteiger partial charge in [0.15, 0.2) is 0 Å². The predicted molar refractivity (Wildman–Crippen MR) is 87.5 cm³/mol. The van der Waals surface area contributed by atoms with Crippen molar-refractivity contribution in [3.05, 3.63) is 0 Å². The van der Waals surface area contributed by atoms with Crippen molar-refractivity contribution in [2.75, 3.05) is 26.4 Å². The maximum absolute atomic E-state index is 13.0. The van der Waals surface area contributed by atoms with E-state index in [1.807, 2.05) is 0 Å². The number of amides is 2. The Bertz CT molecular complexity index is 463. The summed E-state index contributed by atoms with van der Waals surface area (Å²) in [5.41, 5.74) is 3.25. The summed E-state index contributed by atoms with van der Waals surface area (Å²) < 4.78 is 46.6. The lowest BCUT2D eigenvalue weighted by atomic mass is 10.4. The van der Waals surface area contributed by atoms with Crippen LogP contribution in [0, 0.1) is 0 Å². The summed E-state index contributed by atoms with van der Waals surface area (Å²) in [5.74, 6) is -1.80. The van der Waals surface area contributed by atoms with Crippen molar-refractivity contribution in [3.8, 4) is 0 Å². The lowest BCUT2D eigenvalue weighted by molar-refractivity contribution is -0.127. The Hall–Kier alpha value is -0.760. The van der Waals surface area contributed by atoms with E-state index in [2.05, 4.69) is 5.32 Å². The van der Waals surface area contributed by atoms with E-state index in [-0.39, 0.29) is 26.4 Å². The minimum atomic E-state index is -4.10. The Morgan fingerprint density at radius 3 is 1.46 bits per heavy atom. The molecule has 0 aromatic heterocycles. The van der Waals surface area contributed by atoms with Gasteiger partial charge in [-0.15, -0.1) is 0 Å². The van der Waals surface area contributed by atoms with E-state index in [0.717, 1.165) is 0 Å². The molecular formula is C12H26N2O8P2. The lowest BCUT2D eigenvalue weighted by Crippen LogP contribution is -2.38. The van der Waals surface area contributed by atoms with Gasteiger partial charge in [-0.05, 0) is 27.7 Å². The summed E-state index contributed by atoms with van der Waals surface area (Å²) in [5, 5.41) is 2.20. The van der Waals surface area contributed by atoms with Crippen molar-refractivity contribution in [2.45, 2.75) is 39.6 Å². The van der Waals surface area contributed by atoms with E-state index >= 15 is 0 Å². The lowest BCUT2D eigenvalue weighted by Gasteiger charge is -2.31. The number of carbonyl (C=O) groups is 2. The smallest absolute Gasteiger partial charge is 0.365 e. The van der Waals surface area contributed by atoms with Crippen LogP contribution in [0.15, 0.2) is 0 Å². The average molecular weight is 388 g/mol. The van der Waals surface area contributed by atoms with Gasteiger partial charge in [0.2, 0.25) is 17.3 Å². The van der Waals surface area contributed by atoms with Crippen molar-refractivity contribution in [1.29, 1.82) is 0 Å². The molecule has 0 aromatic rings. The average Bonchev–Trinajstić information content (AvgIpc) is 2.45. The molecule has 2 amide bonds. The molecule has 0 aliphatic heterocycles. The van der Waals surface area contributed by atoms with Crippen LogP contribution in [0.5, 0.6) is 0 Å². The third kappa shape index (κ3) is 7.01. The molecule has 0 spiro atoms. The number of hydrogen-bond acceptors (Lipinski definition) is 8. The second-order valence-corrected chi connectivity index (χ2v) is 8.97. The Morgan fingerprint density at radius 2 is 1.21 bits per heavy atom. The maximum Gasteiger partial charge on any atom is 0.365 e. The molecule has 0 rings (SSSR count). The third-order valence-electron chi connectivity index (χ3n) is 2.46. The molecule has 0 bridgehead atoms. The Morgan fingerprint density at radius 1 is 0.875 bits per heavy atom. The van der Waals surface area contributed by atoms with Gasteiger partial charge in [0.1, 0.15) is 6.42 Å². The van der Waals surface area contributed by atoms with Crippen molar-refractivity contribution in [2.24, 2.45) is 5.73 Å². The molecule has 10 nitrogen and oxygen atoms in total. The van der Waals surface area contributed by atoms with Crippen LogP contribution in [0.1, 0.15) is 34.1 Å². The standard InChI is InChI=1S/C12H26N2O8P2/c1-5-19-23(17,20-6-2)12(14-11(16)9-10(13)15)24(18,21-7-3)22-8-4/h12H,5-9H2,1-4H3,(H2,13,15)(H,14,16). The first-order valence-corrected chi connectivity index (χ1v) is 10.8. The van der Waals surface area contributed by atoms with Crippen LogP contribution < -0.4 is 11.1 Å². The fraction of sp³-hybridized carbons (Fsp3) is 0.833. The van der Waals surface area contributed by atoms with Crippen LogP contribution in [0.2, 0.25) is 0 Å². The second kappa shape index (κ2) is 11.0. The Balaban J connectivity index is 5.86. The van der Waals surface area contributed by atoms with E-state index in [4.69, 9.17) is 23.8 Å². The highest BCUT2D eigenvalue weighted by Gasteiger charge is 2.52. The highest BCUT2D eigenvalue weighted by atomic mass is 31.2. The maximum atomic E-state index is 13.0. The van der Waals surface area contributed by atoms with Crippen LogP contribution in [0.3, 0.4) is 0 Å². The molecule has 0 unspecified atom stereocenters. The van der Waals surface area contributed by atoms with Crippen LogP contribution in [0.4, 0.5) is 0 Å². The topological polar surface area (TPSA) is 143 Å². The predicted octanol–water partition coefficient (Wildman–Crippen LogP) is 1.79. The van der Waals surface area contributed by atoms with Gasteiger partial charge in [-0.1, -0.05) is 0 Å². The van der Waals surface area contributed by atoms with Crippen molar-refractivity contribution >= 4 is 27.0 Å². The first kappa shape index (κ1) is 23.2. The zero-order valence-corrected chi connectivity index (χ0v) is 16.1. The number of primary amides is 1. The molecule has 12 heteroatoms. The first-order valence-electron chi connectivity index (χ1n) is 7.54. The van der Waals surface area contributed by atoms with E-state index in [0.29, 0.717) is 0 Å². The van der Waals surface area contributed by atoms with Gasteiger partial charge in [-0.2, -0.15) is 0 Å². The van der Waals surface area contributed by atoms with Crippen LogP contribution >= 0.6 is 15.2 Å². The molecule has 0 aliphatic rings. The van der Waals surface area contributed by atoms with Crippen molar-refractivity contribution in [1.82, 2.24) is 5.32 Å². The molecule has 0 saturated heterocycles. The molecule has 0 aromatic carbocycles. The highest BCUT2D eigenvalue weighted by Crippen LogP contribution is 2.69. The van der Waals surface area contributed by atoms with Gasteiger partial charge >= 0.3 is 15.2 Å². The fourth-order valence-electron chi connectivity index (χ4n) is 1.76. The van der Waals surface area contributed by atoms with Gasteiger partial charge in [0, 0.05) is 0 Å². The third-order valence-corrected chi connectivity index (χ3v) is 8.09. The van der Waals surface area contributed by atoms with Crippen LogP contribution in [-0.2, 0) is 36.8 Å². The van der Waals surface area contributed by atoms with Gasteiger partial charge in [0.25, 0.3) is 0 Å². The van der Waals surface area contributed by atoms with E-state index < -0.39 is 39.0 Å². The summed E-state index contributed by atoms with van der Waals surface area (Å²) in [6, 6.07) is 0. The molecule has 24 heavy (non-hydrogen) atoms. The largest absolute Gasteiger partial charge is 0.369 e. The summed E-state index contributed by atoms with van der Waals surface area (Å²) in [4.78, 5) is 22.8. The highest BCUT2D eigenvalue weighted by molar-refractivity contribution is 7.72. The zero-order chi connectivity index (χ0) is 18.8. The number of rotatable bonds is 13. The summed E-state index contributed by atoms with van der Waals surface area (Å²) in [6.45, 7) is 6.10. The normalized spacial score (nSPS) is 12.4. The monoisotopic (exact) mass is 388 g/mol. The molecule has 0 aliphatic carbocycles. The van der Waals surface area contributed by atoms with Crippen molar-refractivity contribution < 1.29 is 36.8 Å². The molecule has 3 N–H and O–H groups in total. The number of nitrogens with one attached hydrogen (secondary N) is 1. The van der Waals surface area contributed by atoms with Gasteiger partial charge < -0.3 is 29.1 Å². The number of carbonyl (C=O) groups excluding carboxylic acids is 2. The SMILES string of the molecule is CCOP(=O)(OCC)C(NC(=O)CC(N)=O)P(=O)(OCC)OCC. The van der Waals surface area contributed by atoms with Gasteiger partial charge in [-0.25, -0.2) is 0 Å². The minimum absolute atomic E-state index is 0.0300. The van der Waals surface area contributed by atoms with E-state index in [9.17, 15) is 18.7 Å². The molecule has 0 radical (unpaired) electrons. The molecular weight excluding hydrogens is 362 g/mol.